The number of pyridine rings is 1. The Labute approximate surface area is 167 Å². The van der Waals surface area contributed by atoms with Gasteiger partial charge in [0.2, 0.25) is 0 Å². The molecular weight excluding hydrogens is 370 g/mol. The Balaban J connectivity index is 1.90. The highest BCUT2D eigenvalue weighted by molar-refractivity contribution is 7.15. The van der Waals surface area contributed by atoms with Crippen LogP contribution in [0.3, 0.4) is 0 Å². The number of nitrogens with zero attached hydrogens (tertiary/aromatic N) is 3. The summed E-state index contributed by atoms with van der Waals surface area (Å²) >= 11 is 1.64. The predicted octanol–water partition coefficient (Wildman–Crippen LogP) is 5.54. The third-order valence-corrected chi connectivity index (χ3v) is 5.83. The van der Waals surface area contributed by atoms with Gasteiger partial charge in [-0.15, -0.1) is 11.3 Å². The summed E-state index contributed by atoms with van der Waals surface area (Å²) in [5, 5.41) is 4.72. The highest BCUT2D eigenvalue weighted by atomic mass is 32.1. The molecule has 3 aromatic heterocycles. The lowest BCUT2D eigenvalue weighted by Crippen LogP contribution is -2.31. The van der Waals surface area contributed by atoms with Crippen LogP contribution in [0.5, 0.6) is 0 Å². The standard InChI is InChI=1S/C22H21N3O2S/c1-5-25(18-9-7-6-8-13(18)2)22(26)16-12-17(19-11-10-14(3)28-19)23-21-20(16)15(4)24-27-21/h6-12H,5H2,1-4H3. The number of benzene rings is 1. The number of fused-ring (bicyclic) bond motifs is 1. The molecule has 0 fully saturated rings. The number of para-hydroxylation sites is 1. The molecule has 0 aliphatic rings. The Morgan fingerprint density at radius 2 is 1.93 bits per heavy atom. The van der Waals surface area contributed by atoms with E-state index in [0.29, 0.717) is 28.9 Å². The van der Waals surface area contributed by atoms with Gasteiger partial charge in [0.25, 0.3) is 11.6 Å². The number of thiophene rings is 1. The third kappa shape index (κ3) is 3.10. The number of carbonyl (C=O) groups is 1. The van der Waals surface area contributed by atoms with E-state index in [0.717, 1.165) is 21.8 Å². The number of carbonyl (C=O) groups excluding carboxylic acids is 1. The molecule has 0 unspecified atom stereocenters. The van der Waals surface area contributed by atoms with Crippen molar-refractivity contribution in [3.63, 3.8) is 0 Å². The monoisotopic (exact) mass is 391 g/mol. The predicted molar refractivity (Wildman–Crippen MR) is 113 cm³/mol. The van der Waals surface area contributed by atoms with Crippen molar-refractivity contribution in [1.29, 1.82) is 0 Å². The summed E-state index contributed by atoms with van der Waals surface area (Å²) in [6, 6.07) is 13.8. The lowest BCUT2D eigenvalue weighted by atomic mass is 10.1. The molecule has 0 N–H and O–H groups in total. The molecule has 0 atom stereocenters. The van der Waals surface area contributed by atoms with E-state index in [1.54, 1.807) is 16.2 Å². The quantitative estimate of drug-likeness (QED) is 0.458. The van der Waals surface area contributed by atoms with Crippen LogP contribution >= 0.6 is 11.3 Å². The summed E-state index contributed by atoms with van der Waals surface area (Å²) in [5.74, 6) is -0.0787. The second-order valence-corrected chi connectivity index (χ2v) is 8.04. The maximum Gasteiger partial charge on any atom is 0.259 e. The fraction of sp³-hybridized carbons (Fsp3) is 0.227. The molecule has 0 aliphatic heterocycles. The molecule has 0 aliphatic carbocycles. The average Bonchev–Trinajstić information content (AvgIpc) is 3.29. The zero-order chi connectivity index (χ0) is 19.8. The van der Waals surface area contributed by atoms with E-state index in [1.165, 1.54) is 4.88 Å². The Bertz CT molecular complexity index is 1180. The molecule has 0 saturated heterocycles. The molecule has 1 aromatic carbocycles. The Morgan fingerprint density at radius 3 is 2.61 bits per heavy atom. The van der Waals surface area contributed by atoms with Gasteiger partial charge in [-0.2, -0.15) is 0 Å². The topological polar surface area (TPSA) is 59.2 Å². The van der Waals surface area contributed by atoms with E-state index in [4.69, 9.17) is 4.52 Å². The van der Waals surface area contributed by atoms with Crippen molar-refractivity contribution in [3.8, 4) is 10.6 Å². The highest BCUT2D eigenvalue weighted by Crippen LogP contribution is 2.32. The zero-order valence-electron chi connectivity index (χ0n) is 16.3. The van der Waals surface area contributed by atoms with Gasteiger partial charge >= 0.3 is 0 Å². The van der Waals surface area contributed by atoms with Gasteiger partial charge in [0.05, 0.1) is 27.2 Å². The first-order valence-electron chi connectivity index (χ1n) is 9.21. The van der Waals surface area contributed by atoms with Crippen molar-refractivity contribution >= 4 is 34.0 Å². The van der Waals surface area contributed by atoms with Gasteiger partial charge in [-0.3, -0.25) is 4.79 Å². The molecule has 28 heavy (non-hydrogen) atoms. The van der Waals surface area contributed by atoms with Crippen LogP contribution in [0, 0.1) is 20.8 Å². The van der Waals surface area contributed by atoms with Crippen LogP contribution in [0.4, 0.5) is 5.69 Å². The molecule has 0 saturated carbocycles. The molecule has 0 bridgehead atoms. The van der Waals surface area contributed by atoms with Crippen LogP contribution in [0.25, 0.3) is 21.7 Å². The molecule has 4 aromatic rings. The fourth-order valence-electron chi connectivity index (χ4n) is 3.40. The van der Waals surface area contributed by atoms with Gasteiger partial charge < -0.3 is 9.42 Å². The van der Waals surface area contributed by atoms with Crippen LogP contribution in [-0.2, 0) is 0 Å². The number of rotatable bonds is 4. The minimum Gasteiger partial charge on any atom is -0.335 e. The third-order valence-electron chi connectivity index (χ3n) is 4.81. The summed E-state index contributed by atoms with van der Waals surface area (Å²) in [4.78, 5) is 22.2. The van der Waals surface area contributed by atoms with Crippen LogP contribution in [-0.4, -0.2) is 22.6 Å². The van der Waals surface area contributed by atoms with Crippen molar-refractivity contribution in [1.82, 2.24) is 10.1 Å². The van der Waals surface area contributed by atoms with Crippen molar-refractivity contribution in [3.05, 3.63) is 64.2 Å². The number of amides is 1. The number of hydrogen-bond donors (Lipinski definition) is 0. The first-order valence-corrected chi connectivity index (χ1v) is 10.0. The maximum atomic E-state index is 13.6. The van der Waals surface area contributed by atoms with Gasteiger partial charge in [0.1, 0.15) is 0 Å². The molecule has 4 rings (SSSR count). The maximum absolute atomic E-state index is 13.6. The van der Waals surface area contributed by atoms with Crippen molar-refractivity contribution < 1.29 is 9.32 Å². The van der Waals surface area contributed by atoms with Crippen LogP contribution < -0.4 is 4.90 Å². The van der Waals surface area contributed by atoms with E-state index < -0.39 is 0 Å². The number of hydrogen-bond acceptors (Lipinski definition) is 5. The van der Waals surface area contributed by atoms with Crippen molar-refractivity contribution in [2.24, 2.45) is 0 Å². The van der Waals surface area contributed by atoms with Crippen LogP contribution in [0.15, 0.2) is 47.0 Å². The van der Waals surface area contributed by atoms with E-state index in [2.05, 4.69) is 10.1 Å². The summed E-state index contributed by atoms with van der Waals surface area (Å²) in [5.41, 5.74) is 4.31. The molecule has 3 heterocycles. The fourth-order valence-corrected chi connectivity index (χ4v) is 4.23. The van der Waals surface area contributed by atoms with E-state index in [9.17, 15) is 4.79 Å². The van der Waals surface area contributed by atoms with Crippen LogP contribution in [0.2, 0.25) is 0 Å². The zero-order valence-corrected chi connectivity index (χ0v) is 17.1. The highest BCUT2D eigenvalue weighted by Gasteiger charge is 2.24. The van der Waals surface area contributed by atoms with Crippen molar-refractivity contribution in [2.75, 3.05) is 11.4 Å². The van der Waals surface area contributed by atoms with E-state index in [-0.39, 0.29) is 5.91 Å². The SMILES string of the molecule is CCN(C(=O)c1cc(-c2ccc(C)s2)nc2onc(C)c12)c1ccccc1C. The van der Waals surface area contributed by atoms with Crippen molar-refractivity contribution in [2.45, 2.75) is 27.7 Å². The summed E-state index contributed by atoms with van der Waals surface area (Å²) in [6.45, 7) is 8.44. The largest absolute Gasteiger partial charge is 0.335 e. The average molecular weight is 391 g/mol. The van der Waals surface area contributed by atoms with Gasteiger partial charge in [-0.25, -0.2) is 4.98 Å². The lowest BCUT2D eigenvalue weighted by molar-refractivity contribution is 0.0989. The summed E-state index contributed by atoms with van der Waals surface area (Å²) in [7, 11) is 0. The van der Waals surface area contributed by atoms with E-state index >= 15 is 0 Å². The Morgan fingerprint density at radius 1 is 1.14 bits per heavy atom. The first kappa shape index (κ1) is 18.4. The second kappa shape index (κ2) is 7.20. The number of aromatic nitrogens is 2. The minimum atomic E-state index is -0.0787. The number of anilines is 1. The summed E-state index contributed by atoms with van der Waals surface area (Å²) < 4.78 is 5.42. The molecule has 0 spiro atoms. The smallest absolute Gasteiger partial charge is 0.259 e. The van der Waals surface area contributed by atoms with Gasteiger partial charge in [0, 0.05) is 17.1 Å². The lowest BCUT2D eigenvalue weighted by Gasteiger charge is -2.23. The van der Waals surface area contributed by atoms with Gasteiger partial charge in [-0.1, -0.05) is 23.4 Å². The molecular formula is C22H21N3O2S. The normalized spacial score (nSPS) is 11.1. The van der Waals surface area contributed by atoms with Crippen LogP contribution in [0.1, 0.15) is 33.4 Å². The summed E-state index contributed by atoms with van der Waals surface area (Å²) in [6.07, 6.45) is 0. The first-order chi connectivity index (χ1) is 13.5. The molecule has 6 heteroatoms. The molecule has 5 nitrogen and oxygen atoms in total. The molecule has 142 valence electrons. The molecule has 1 amide bonds. The molecule has 0 radical (unpaired) electrons. The second-order valence-electron chi connectivity index (χ2n) is 6.75. The van der Waals surface area contributed by atoms with E-state index in [1.807, 2.05) is 70.2 Å². The Hall–Kier alpha value is -2.99. The number of aryl methyl sites for hydroxylation is 3. The minimum absolute atomic E-state index is 0.0787. The van der Waals surface area contributed by atoms with Gasteiger partial charge in [-0.05, 0) is 57.5 Å². The Kier molecular flexibility index (Phi) is 4.73. The van der Waals surface area contributed by atoms with Gasteiger partial charge in [0.15, 0.2) is 0 Å².